The van der Waals surface area contributed by atoms with Gasteiger partial charge in [0.15, 0.2) is 12.4 Å². The van der Waals surface area contributed by atoms with E-state index in [4.69, 9.17) is 19.6 Å². The minimum Gasteiger partial charge on any atom is -0.502 e. The van der Waals surface area contributed by atoms with E-state index in [0.29, 0.717) is 17.1 Å². The number of amides is 1. The summed E-state index contributed by atoms with van der Waals surface area (Å²) in [7, 11) is 1.24. The standard InChI is InChI=1S/C18H19NO7/c1-10-7-14(20)17(23)18(26-10)13(8-16(22)24-2)11-3-5-12(6-4-11)25-9-15(19)21/h3-7,13,23H,8-9H2,1-2H3,(H2,19,21)/t13-/m1/s1. The fourth-order valence-corrected chi connectivity index (χ4v) is 2.42. The lowest BCUT2D eigenvalue weighted by atomic mass is 9.92. The van der Waals surface area contributed by atoms with Gasteiger partial charge >= 0.3 is 5.97 Å². The van der Waals surface area contributed by atoms with Gasteiger partial charge in [-0.05, 0) is 24.6 Å². The van der Waals surface area contributed by atoms with E-state index in [1.165, 1.54) is 7.11 Å². The fraction of sp³-hybridized carbons (Fsp3) is 0.278. The number of benzene rings is 1. The maximum absolute atomic E-state index is 11.9. The highest BCUT2D eigenvalue weighted by Crippen LogP contribution is 2.34. The zero-order valence-corrected chi connectivity index (χ0v) is 14.4. The molecule has 0 saturated carbocycles. The number of aryl methyl sites for hydroxylation is 1. The van der Waals surface area contributed by atoms with Gasteiger partial charge in [-0.2, -0.15) is 0 Å². The van der Waals surface area contributed by atoms with Crippen molar-refractivity contribution in [3.8, 4) is 11.5 Å². The lowest BCUT2D eigenvalue weighted by Gasteiger charge is -2.17. The number of ether oxygens (including phenoxy) is 2. The third-order valence-electron chi connectivity index (χ3n) is 3.65. The van der Waals surface area contributed by atoms with Crippen molar-refractivity contribution in [2.45, 2.75) is 19.3 Å². The van der Waals surface area contributed by atoms with Crippen LogP contribution in [-0.4, -0.2) is 30.7 Å². The normalized spacial score (nSPS) is 11.6. The molecule has 26 heavy (non-hydrogen) atoms. The van der Waals surface area contributed by atoms with Crippen molar-refractivity contribution in [1.82, 2.24) is 0 Å². The summed E-state index contributed by atoms with van der Waals surface area (Å²) in [6.45, 7) is 1.30. The first kappa shape index (κ1) is 19.0. The van der Waals surface area contributed by atoms with E-state index in [-0.39, 0.29) is 18.8 Å². The number of rotatable bonds is 7. The monoisotopic (exact) mass is 361 g/mol. The molecule has 1 aromatic carbocycles. The van der Waals surface area contributed by atoms with Gasteiger partial charge in [0.25, 0.3) is 5.91 Å². The first-order chi connectivity index (χ1) is 12.3. The number of primary amides is 1. The molecule has 138 valence electrons. The summed E-state index contributed by atoms with van der Waals surface area (Å²) in [5.41, 5.74) is 5.02. The van der Waals surface area contributed by atoms with Gasteiger partial charge < -0.3 is 24.7 Å². The summed E-state index contributed by atoms with van der Waals surface area (Å²) in [6.07, 6.45) is -0.141. The molecule has 0 saturated heterocycles. The van der Waals surface area contributed by atoms with Crippen LogP contribution in [0.5, 0.6) is 11.5 Å². The molecule has 0 aliphatic rings. The van der Waals surface area contributed by atoms with Crippen LogP contribution in [0.2, 0.25) is 0 Å². The minimum absolute atomic E-state index is 0.0220. The molecule has 1 heterocycles. The number of hydrogen-bond donors (Lipinski definition) is 2. The van der Waals surface area contributed by atoms with Crippen molar-refractivity contribution in [2.24, 2.45) is 5.73 Å². The van der Waals surface area contributed by atoms with Crippen LogP contribution in [0.25, 0.3) is 0 Å². The van der Waals surface area contributed by atoms with E-state index < -0.39 is 29.0 Å². The quantitative estimate of drug-likeness (QED) is 0.709. The molecule has 0 bridgehead atoms. The van der Waals surface area contributed by atoms with Crippen molar-refractivity contribution in [3.05, 3.63) is 57.6 Å². The van der Waals surface area contributed by atoms with Gasteiger partial charge in [-0.1, -0.05) is 12.1 Å². The summed E-state index contributed by atoms with van der Waals surface area (Å²) in [4.78, 5) is 34.4. The Bertz CT molecular complexity index is 855. The topological polar surface area (TPSA) is 129 Å². The van der Waals surface area contributed by atoms with Crippen molar-refractivity contribution in [2.75, 3.05) is 13.7 Å². The van der Waals surface area contributed by atoms with Crippen LogP contribution in [0.3, 0.4) is 0 Å². The van der Waals surface area contributed by atoms with Gasteiger partial charge in [-0.15, -0.1) is 0 Å². The number of methoxy groups -OCH3 is 1. The summed E-state index contributed by atoms with van der Waals surface area (Å²) >= 11 is 0. The molecule has 8 nitrogen and oxygen atoms in total. The predicted octanol–water partition coefficient (Wildman–Crippen LogP) is 1.21. The Morgan fingerprint density at radius 2 is 1.92 bits per heavy atom. The highest BCUT2D eigenvalue weighted by atomic mass is 16.5. The van der Waals surface area contributed by atoms with Gasteiger partial charge in [0, 0.05) is 6.07 Å². The van der Waals surface area contributed by atoms with Gasteiger partial charge in [0.1, 0.15) is 11.5 Å². The van der Waals surface area contributed by atoms with Crippen LogP contribution in [0, 0.1) is 6.92 Å². The number of aromatic hydroxyl groups is 1. The summed E-state index contributed by atoms with van der Waals surface area (Å²) < 4.78 is 15.4. The van der Waals surface area contributed by atoms with E-state index in [0.717, 1.165) is 6.07 Å². The molecule has 0 radical (unpaired) electrons. The molecule has 3 N–H and O–H groups in total. The summed E-state index contributed by atoms with van der Waals surface area (Å²) in [5.74, 6) is -1.75. The Morgan fingerprint density at radius 1 is 1.27 bits per heavy atom. The Kier molecular flexibility index (Phi) is 6.00. The molecule has 1 aromatic heterocycles. The Balaban J connectivity index is 2.41. The maximum Gasteiger partial charge on any atom is 0.306 e. The van der Waals surface area contributed by atoms with Gasteiger partial charge in [0.05, 0.1) is 19.4 Å². The van der Waals surface area contributed by atoms with E-state index in [2.05, 4.69) is 0 Å². The van der Waals surface area contributed by atoms with Gasteiger partial charge in [-0.25, -0.2) is 0 Å². The molecule has 0 unspecified atom stereocenters. The molecule has 2 aromatic rings. The fourth-order valence-electron chi connectivity index (χ4n) is 2.42. The molecule has 2 rings (SSSR count). The number of nitrogens with two attached hydrogens (primary N) is 1. The van der Waals surface area contributed by atoms with Crippen molar-refractivity contribution >= 4 is 11.9 Å². The van der Waals surface area contributed by atoms with Crippen LogP contribution in [0.4, 0.5) is 0 Å². The SMILES string of the molecule is COC(=O)C[C@H](c1ccc(OCC(N)=O)cc1)c1oc(C)cc(=O)c1O. The Labute approximate surface area is 149 Å². The van der Waals surface area contributed by atoms with E-state index >= 15 is 0 Å². The molecule has 0 spiro atoms. The van der Waals surface area contributed by atoms with Crippen molar-refractivity contribution in [1.29, 1.82) is 0 Å². The number of esters is 1. The lowest BCUT2D eigenvalue weighted by molar-refractivity contribution is -0.141. The Morgan fingerprint density at radius 3 is 2.50 bits per heavy atom. The summed E-state index contributed by atoms with van der Waals surface area (Å²) in [5, 5.41) is 10.1. The molecule has 1 atom stereocenters. The second kappa shape index (κ2) is 8.19. The van der Waals surface area contributed by atoms with Crippen LogP contribution in [-0.2, 0) is 14.3 Å². The van der Waals surface area contributed by atoms with Crippen molar-refractivity contribution in [3.63, 3.8) is 0 Å². The third-order valence-corrected chi connectivity index (χ3v) is 3.65. The Hall–Kier alpha value is -3.29. The third kappa shape index (κ3) is 4.62. The van der Waals surface area contributed by atoms with Gasteiger partial charge in [0.2, 0.25) is 11.2 Å². The average molecular weight is 361 g/mol. The molecule has 0 aliphatic heterocycles. The largest absolute Gasteiger partial charge is 0.502 e. The second-order valence-corrected chi connectivity index (χ2v) is 5.59. The first-order valence-electron chi connectivity index (χ1n) is 7.73. The highest BCUT2D eigenvalue weighted by Gasteiger charge is 2.26. The first-order valence-corrected chi connectivity index (χ1v) is 7.73. The zero-order valence-electron chi connectivity index (χ0n) is 14.4. The van der Waals surface area contributed by atoms with Crippen LogP contribution >= 0.6 is 0 Å². The van der Waals surface area contributed by atoms with E-state index in [1.54, 1.807) is 31.2 Å². The van der Waals surface area contributed by atoms with Crippen LogP contribution < -0.4 is 15.9 Å². The summed E-state index contributed by atoms with van der Waals surface area (Å²) in [6, 6.07) is 7.58. The zero-order chi connectivity index (χ0) is 19.3. The number of carbonyl (C=O) groups excluding carboxylic acids is 2. The second-order valence-electron chi connectivity index (χ2n) is 5.59. The molecule has 0 fully saturated rings. The molecular weight excluding hydrogens is 342 g/mol. The molecular formula is C18H19NO7. The van der Waals surface area contributed by atoms with Crippen LogP contribution in [0.1, 0.15) is 29.4 Å². The minimum atomic E-state index is -0.736. The van der Waals surface area contributed by atoms with Crippen molar-refractivity contribution < 1.29 is 28.6 Å². The maximum atomic E-state index is 11.9. The van der Waals surface area contributed by atoms with E-state index in [9.17, 15) is 19.5 Å². The highest BCUT2D eigenvalue weighted by molar-refractivity contribution is 5.75. The average Bonchev–Trinajstić information content (AvgIpc) is 2.61. The number of carbonyl (C=O) groups is 2. The molecule has 0 aliphatic carbocycles. The van der Waals surface area contributed by atoms with E-state index in [1.807, 2.05) is 0 Å². The molecule has 1 amide bonds. The predicted molar refractivity (Wildman–Crippen MR) is 91.0 cm³/mol. The smallest absolute Gasteiger partial charge is 0.306 e. The van der Waals surface area contributed by atoms with Crippen LogP contribution in [0.15, 0.2) is 39.5 Å². The lowest BCUT2D eigenvalue weighted by Crippen LogP contribution is -2.20. The number of hydrogen-bond acceptors (Lipinski definition) is 7. The molecule has 8 heteroatoms. The van der Waals surface area contributed by atoms with Gasteiger partial charge in [-0.3, -0.25) is 14.4 Å².